The van der Waals surface area contributed by atoms with Crippen LogP contribution in [-0.4, -0.2) is 43.9 Å². The minimum atomic E-state index is 0.564. The zero-order chi connectivity index (χ0) is 30.1. The molecule has 0 N–H and O–H groups in total. The Labute approximate surface area is 256 Å². The summed E-state index contributed by atoms with van der Waals surface area (Å²) >= 11 is 0. The van der Waals surface area contributed by atoms with Crippen molar-refractivity contribution in [2.24, 2.45) is 9.98 Å². The van der Waals surface area contributed by atoms with E-state index >= 15 is 0 Å². The van der Waals surface area contributed by atoms with Gasteiger partial charge < -0.3 is 0 Å². The molecule has 0 unspecified atom stereocenters. The van der Waals surface area contributed by atoms with Crippen molar-refractivity contribution in [3.8, 4) is 56.5 Å². The Morgan fingerprint density at radius 1 is 0.659 bits per heavy atom. The van der Waals surface area contributed by atoms with Gasteiger partial charge >= 0.3 is 0 Å². The van der Waals surface area contributed by atoms with Crippen LogP contribution in [0, 0.1) is 0 Å². The predicted molar refractivity (Wildman–Crippen MR) is 178 cm³/mol. The first-order chi connectivity index (χ1) is 21.7. The molecule has 0 aliphatic carbocycles. The number of benzene rings is 4. The Kier molecular flexibility index (Phi) is 8.55. The SMILES string of the molecule is C=C/N=C\C/C(=N\C)c1cccc(-c2nc(-c3cccc(-c4ccccc4)c3)nc(-c3cccc(-c4cnccn4)c3)n2)c1. The van der Waals surface area contributed by atoms with Crippen LogP contribution in [0.4, 0.5) is 0 Å². The maximum absolute atomic E-state index is 4.99. The first-order valence-corrected chi connectivity index (χ1v) is 14.2. The van der Waals surface area contributed by atoms with Gasteiger partial charge in [-0.15, -0.1) is 0 Å². The molecule has 0 fully saturated rings. The van der Waals surface area contributed by atoms with E-state index in [9.17, 15) is 0 Å². The Hall–Kier alpha value is -5.95. The van der Waals surface area contributed by atoms with Crippen molar-refractivity contribution in [1.29, 1.82) is 0 Å². The lowest BCUT2D eigenvalue weighted by Crippen LogP contribution is -2.04. The van der Waals surface area contributed by atoms with Crippen LogP contribution in [0.1, 0.15) is 12.0 Å². The molecule has 7 nitrogen and oxygen atoms in total. The number of hydrogen-bond acceptors (Lipinski definition) is 7. The molecular formula is C37H29N7. The van der Waals surface area contributed by atoms with Crippen LogP contribution in [-0.2, 0) is 0 Å². The topological polar surface area (TPSA) is 89.2 Å². The highest BCUT2D eigenvalue weighted by Crippen LogP contribution is 2.29. The third-order valence-electron chi connectivity index (χ3n) is 7.06. The van der Waals surface area contributed by atoms with Crippen molar-refractivity contribution in [3.05, 3.63) is 140 Å². The van der Waals surface area contributed by atoms with E-state index in [-0.39, 0.29) is 0 Å². The molecule has 0 bridgehead atoms. The molecule has 0 radical (unpaired) electrons. The van der Waals surface area contributed by atoms with E-state index in [0.29, 0.717) is 23.9 Å². The summed E-state index contributed by atoms with van der Waals surface area (Å²) in [5.41, 5.74) is 8.40. The number of aromatic nitrogens is 5. The Morgan fingerprint density at radius 3 is 1.89 bits per heavy atom. The van der Waals surface area contributed by atoms with Crippen molar-refractivity contribution >= 4 is 11.9 Å². The first kappa shape index (κ1) is 28.2. The highest BCUT2D eigenvalue weighted by atomic mass is 15.0. The van der Waals surface area contributed by atoms with Gasteiger partial charge in [0.1, 0.15) is 0 Å². The molecule has 0 amide bonds. The number of nitrogens with zero attached hydrogens (tertiary/aromatic N) is 7. The zero-order valence-corrected chi connectivity index (χ0v) is 24.2. The summed E-state index contributed by atoms with van der Waals surface area (Å²) in [6.07, 6.45) is 8.99. The highest BCUT2D eigenvalue weighted by molar-refractivity contribution is 6.07. The van der Waals surface area contributed by atoms with E-state index in [1.165, 1.54) is 6.20 Å². The monoisotopic (exact) mass is 571 g/mol. The van der Waals surface area contributed by atoms with E-state index in [1.54, 1.807) is 31.9 Å². The fourth-order valence-electron chi connectivity index (χ4n) is 4.89. The smallest absolute Gasteiger partial charge is 0.164 e. The van der Waals surface area contributed by atoms with Crippen LogP contribution in [0.3, 0.4) is 0 Å². The molecule has 0 aliphatic rings. The summed E-state index contributed by atoms with van der Waals surface area (Å²) < 4.78 is 0. The zero-order valence-electron chi connectivity index (χ0n) is 24.2. The average Bonchev–Trinajstić information content (AvgIpc) is 3.11. The van der Waals surface area contributed by atoms with Crippen molar-refractivity contribution in [3.63, 3.8) is 0 Å². The Bertz CT molecular complexity index is 1860. The second-order valence-corrected chi connectivity index (χ2v) is 9.89. The van der Waals surface area contributed by atoms with Crippen LogP contribution in [0.25, 0.3) is 56.5 Å². The normalized spacial score (nSPS) is 11.5. The molecule has 0 saturated heterocycles. The van der Waals surface area contributed by atoms with Crippen molar-refractivity contribution in [2.45, 2.75) is 6.42 Å². The van der Waals surface area contributed by atoms with Crippen LogP contribution in [0.5, 0.6) is 0 Å². The molecule has 4 aromatic carbocycles. The average molecular weight is 572 g/mol. The maximum Gasteiger partial charge on any atom is 0.164 e. The molecular weight excluding hydrogens is 542 g/mol. The molecule has 7 heteroatoms. The molecule has 6 aromatic rings. The predicted octanol–water partition coefficient (Wildman–Crippen LogP) is 8.02. The lowest BCUT2D eigenvalue weighted by Gasteiger charge is -2.11. The van der Waals surface area contributed by atoms with E-state index in [0.717, 1.165) is 50.3 Å². The molecule has 0 atom stereocenters. The minimum Gasteiger partial charge on any atom is -0.292 e. The summed E-state index contributed by atoms with van der Waals surface area (Å²) in [5.74, 6) is 1.71. The van der Waals surface area contributed by atoms with E-state index in [2.05, 4.69) is 56.9 Å². The van der Waals surface area contributed by atoms with Crippen LogP contribution in [0.2, 0.25) is 0 Å². The molecule has 0 spiro atoms. The van der Waals surface area contributed by atoms with Crippen molar-refractivity contribution in [2.75, 3.05) is 7.05 Å². The summed E-state index contributed by atoms with van der Waals surface area (Å²) in [5, 5.41) is 0. The lowest BCUT2D eigenvalue weighted by molar-refractivity contribution is 1.07. The van der Waals surface area contributed by atoms with Crippen LogP contribution >= 0.6 is 0 Å². The van der Waals surface area contributed by atoms with Gasteiger partial charge in [-0.3, -0.25) is 20.0 Å². The molecule has 6 rings (SSSR count). The second-order valence-electron chi connectivity index (χ2n) is 9.89. The highest BCUT2D eigenvalue weighted by Gasteiger charge is 2.15. The molecule has 2 aromatic heterocycles. The number of rotatable bonds is 9. The maximum atomic E-state index is 4.99. The van der Waals surface area contributed by atoms with E-state index in [4.69, 9.17) is 15.0 Å². The Balaban J connectivity index is 1.48. The second kappa shape index (κ2) is 13.4. The first-order valence-electron chi connectivity index (χ1n) is 14.2. The van der Waals surface area contributed by atoms with Gasteiger partial charge in [0, 0.05) is 66.2 Å². The molecule has 44 heavy (non-hydrogen) atoms. The van der Waals surface area contributed by atoms with Gasteiger partial charge in [0.25, 0.3) is 0 Å². The van der Waals surface area contributed by atoms with Gasteiger partial charge in [0.05, 0.1) is 11.9 Å². The van der Waals surface area contributed by atoms with E-state index in [1.807, 2.05) is 72.8 Å². The van der Waals surface area contributed by atoms with Crippen molar-refractivity contribution in [1.82, 2.24) is 24.9 Å². The van der Waals surface area contributed by atoms with E-state index < -0.39 is 0 Å². The number of aliphatic imine (C=N–C) groups is 2. The van der Waals surface area contributed by atoms with Gasteiger partial charge in [0.15, 0.2) is 17.5 Å². The third kappa shape index (κ3) is 6.42. The van der Waals surface area contributed by atoms with Gasteiger partial charge in [0.2, 0.25) is 0 Å². The standard InChI is InChI=1S/C37H29N7/c1-3-39-19-18-33(38-2)28-13-8-16-31(23-28)36-42-35(30-15-7-12-27(22-30)26-10-5-4-6-11-26)43-37(44-36)32-17-9-14-29(24-32)34-25-40-20-21-41-34/h3-17,19-25H,1,18H2,2H3/b38-33+,39-19-. The summed E-state index contributed by atoms with van der Waals surface area (Å²) in [4.78, 5) is 32.3. The molecule has 212 valence electrons. The minimum absolute atomic E-state index is 0.564. The largest absolute Gasteiger partial charge is 0.292 e. The van der Waals surface area contributed by atoms with Crippen LogP contribution < -0.4 is 0 Å². The molecule has 0 saturated carbocycles. The third-order valence-corrected chi connectivity index (χ3v) is 7.06. The summed E-state index contributed by atoms with van der Waals surface area (Å²) in [6.45, 7) is 3.65. The van der Waals surface area contributed by atoms with Crippen LogP contribution in [0.15, 0.2) is 144 Å². The van der Waals surface area contributed by atoms with Gasteiger partial charge in [-0.05, 0) is 34.9 Å². The summed E-state index contributed by atoms with van der Waals surface area (Å²) in [7, 11) is 1.78. The fraction of sp³-hybridized carbons (Fsp3) is 0.0541. The molecule has 2 heterocycles. The fourth-order valence-corrected chi connectivity index (χ4v) is 4.89. The molecule has 0 aliphatic heterocycles. The quantitative estimate of drug-likeness (QED) is 0.164. The summed E-state index contributed by atoms with van der Waals surface area (Å²) in [6, 6.07) is 34.7. The Morgan fingerprint density at radius 2 is 1.25 bits per heavy atom. The lowest BCUT2D eigenvalue weighted by atomic mass is 10.0. The van der Waals surface area contributed by atoms with Gasteiger partial charge in [-0.25, -0.2) is 15.0 Å². The van der Waals surface area contributed by atoms with Gasteiger partial charge in [-0.2, -0.15) is 0 Å². The number of hydrogen-bond donors (Lipinski definition) is 0. The van der Waals surface area contributed by atoms with Crippen molar-refractivity contribution < 1.29 is 0 Å². The van der Waals surface area contributed by atoms with Gasteiger partial charge in [-0.1, -0.05) is 91.5 Å².